The molecule has 2 N–H and O–H groups in total. The molecular formula is C16H13N5O3. The number of aromatic nitrogens is 4. The second kappa shape index (κ2) is 5.99. The van der Waals surface area contributed by atoms with Gasteiger partial charge in [0.25, 0.3) is 5.91 Å². The number of aromatic amines is 1. The normalized spacial score (nSPS) is 12.2. The standard InChI is InChI=1S/C16H13N5O3/c22-16(11-1-2-12-13(7-11)24-9-23-12)18-8-14-19-15(21-20-14)10-3-5-17-6-4-10/h1-7H,8-9H2,(H,18,22)(H,19,20,21). The van der Waals surface area contributed by atoms with Crippen molar-refractivity contribution in [2.75, 3.05) is 6.79 Å². The van der Waals surface area contributed by atoms with Crippen molar-refractivity contribution in [1.82, 2.24) is 25.5 Å². The molecule has 0 aliphatic carbocycles. The molecule has 0 unspecified atom stereocenters. The molecule has 3 heterocycles. The number of hydrogen-bond donors (Lipinski definition) is 2. The Bertz CT molecular complexity index is 878. The quantitative estimate of drug-likeness (QED) is 0.755. The van der Waals surface area contributed by atoms with Crippen molar-refractivity contribution in [3.63, 3.8) is 0 Å². The van der Waals surface area contributed by atoms with E-state index < -0.39 is 0 Å². The molecule has 0 radical (unpaired) electrons. The molecule has 0 saturated carbocycles. The summed E-state index contributed by atoms with van der Waals surface area (Å²) in [4.78, 5) is 20.5. The molecule has 8 nitrogen and oxygen atoms in total. The number of carbonyl (C=O) groups excluding carboxylic acids is 1. The van der Waals surface area contributed by atoms with E-state index in [4.69, 9.17) is 9.47 Å². The molecule has 120 valence electrons. The predicted octanol–water partition coefficient (Wildman–Crippen LogP) is 1.53. The monoisotopic (exact) mass is 323 g/mol. The Morgan fingerprint density at radius 1 is 1.17 bits per heavy atom. The Morgan fingerprint density at radius 2 is 2.00 bits per heavy atom. The second-order valence-corrected chi connectivity index (χ2v) is 5.09. The first-order valence-electron chi connectivity index (χ1n) is 7.29. The Morgan fingerprint density at radius 3 is 2.88 bits per heavy atom. The maximum atomic E-state index is 12.2. The summed E-state index contributed by atoms with van der Waals surface area (Å²) in [6.45, 7) is 0.418. The molecule has 2 aromatic heterocycles. The molecule has 0 atom stereocenters. The average Bonchev–Trinajstić information content (AvgIpc) is 3.29. The number of fused-ring (bicyclic) bond motifs is 1. The van der Waals surface area contributed by atoms with E-state index in [1.54, 1.807) is 30.6 Å². The van der Waals surface area contributed by atoms with Crippen molar-refractivity contribution in [3.8, 4) is 22.9 Å². The number of nitrogens with zero attached hydrogens (tertiary/aromatic N) is 3. The SMILES string of the molecule is O=C(NCc1nc(-c2ccncc2)n[nH]1)c1ccc2c(c1)OCO2. The van der Waals surface area contributed by atoms with Crippen LogP contribution in [0.1, 0.15) is 16.2 Å². The molecule has 4 rings (SSSR count). The molecule has 0 bridgehead atoms. The zero-order valence-corrected chi connectivity index (χ0v) is 12.5. The first kappa shape index (κ1) is 14.2. The number of nitrogens with one attached hydrogen (secondary N) is 2. The number of benzene rings is 1. The lowest BCUT2D eigenvalue weighted by Crippen LogP contribution is -2.23. The van der Waals surface area contributed by atoms with Crippen LogP contribution in [0, 0.1) is 0 Å². The molecular weight excluding hydrogens is 310 g/mol. The van der Waals surface area contributed by atoms with E-state index in [0.29, 0.717) is 28.7 Å². The van der Waals surface area contributed by atoms with Crippen LogP contribution in [-0.4, -0.2) is 32.9 Å². The molecule has 1 aromatic carbocycles. The van der Waals surface area contributed by atoms with Gasteiger partial charge in [0.1, 0.15) is 5.82 Å². The number of carbonyl (C=O) groups is 1. The maximum absolute atomic E-state index is 12.2. The predicted molar refractivity (Wildman–Crippen MR) is 83.3 cm³/mol. The highest BCUT2D eigenvalue weighted by atomic mass is 16.7. The van der Waals surface area contributed by atoms with Crippen LogP contribution in [0.5, 0.6) is 11.5 Å². The van der Waals surface area contributed by atoms with Crippen LogP contribution in [0.15, 0.2) is 42.7 Å². The number of pyridine rings is 1. The summed E-state index contributed by atoms with van der Waals surface area (Å²) < 4.78 is 10.5. The van der Waals surface area contributed by atoms with E-state index >= 15 is 0 Å². The highest BCUT2D eigenvalue weighted by Crippen LogP contribution is 2.32. The zero-order chi connectivity index (χ0) is 16.4. The number of amides is 1. The van der Waals surface area contributed by atoms with Gasteiger partial charge in [0.2, 0.25) is 6.79 Å². The minimum absolute atomic E-state index is 0.177. The van der Waals surface area contributed by atoms with Crippen molar-refractivity contribution in [2.24, 2.45) is 0 Å². The van der Waals surface area contributed by atoms with Gasteiger partial charge < -0.3 is 14.8 Å². The summed E-state index contributed by atoms with van der Waals surface area (Å²) in [5.74, 6) is 2.11. The second-order valence-electron chi connectivity index (χ2n) is 5.09. The van der Waals surface area contributed by atoms with Crippen molar-refractivity contribution in [3.05, 3.63) is 54.1 Å². The molecule has 8 heteroatoms. The van der Waals surface area contributed by atoms with Crippen molar-refractivity contribution >= 4 is 5.91 Å². The molecule has 3 aromatic rings. The topological polar surface area (TPSA) is 102 Å². The van der Waals surface area contributed by atoms with Gasteiger partial charge in [0, 0.05) is 23.5 Å². The Balaban J connectivity index is 1.42. The Kier molecular flexibility index (Phi) is 3.54. The Hall–Kier alpha value is -3.42. The number of H-pyrrole nitrogens is 1. The summed E-state index contributed by atoms with van der Waals surface area (Å²) >= 11 is 0. The van der Waals surface area contributed by atoms with E-state index in [1.165, 1.54) is 0 Å². The van der Waals surface area contributed by atoms with E-state index in [1.807, 2.05) is 12.1 Å². The summed E-state index contributed by atoms with van der Waals surface area (Å²) in [5.41, 5.74) is 1.35. The molecule has 24 heavy (non-hydrogen) atoms. The van der Waals surface area contributed by atoms with E-state index in [-0.39, 0.29) is 19.2 Å². The summed E-state index contributed by atoms with van der Waals surface area (Å²) in [7, 11) is 0. The fourth-order valence-electron chi connectivity index (χ4n) is 2.31. The molecule has 1 amide bonds. The lowest BCUT2D eigenvalue weighted by atomic mass is 10.2. The van der Waals surface area contributed by atoms with Crippen LogP contribution < -0.4 is 14.8 Å². The van der Waals surface area contributed by atoms with Gasteiger partial charge in [-0.05, 0) is 30.3 Å². The third-order valence-corrected chi connectivity index (χ3v) is 3.52. The highest BCUT2D eigenvalue weighted by Gasteiger charge is 2.16. The largest absolute Gasteiger partial charge is 0.454 e. The molecule has 1 aliphatic heterocycles. The third-order valence-electron chi connectivity index (χ3n) is 3.52. The fourth-order valence-corrected chi connectivity index (χ4v) is 2.31. The maximum Gasteiger partial charge on any atom is 0.251 e. The average molecular weight is 323 g/mol. The summed E-state index contributed by atoms with van der Waals surface area (Å²) in [6, 6.07) is 8.69. The third kappa shape index (κ3) is 2.76. The number of rotatable bonds is 4. The van der Waals surface area contributed by atoms with E-state index in [0.717, 1.165) is 5.56 Å². The van der Waals surface area contributed by atoms with Gasteiger partial charge in [-0.1, -0.05) is 0 Å². The van der Waals surface area contributed by atoms with Crippen LogP contribution in [0.25, 0.3) is 11.4 Å². The van der Waals surface area contributed by atoms with Crippen LogP contribution in [0.4, 0.5) is 0 Å². The summed E-state index contributed by atoms with van der Waals surface area (Å²) in [6.07, 6.45) is 3.35. The zero-order valence-electron chi connectivity index (χ0n) is 12.5. The Labute approximate surface area is 136 Å². The fraction of sp³-hybridized carbons (Fsp3) is 0.125. The van der Waals surface area contributed by atoms with Gasteiger partial charge in [-0.25, -0.2) is 4.98 Å². The van der Waals surface area contributed by atoms with E-state index in [9.17, 15) is 4.79 Å². The molecule has 0 saturated heterocycles. The molecule has 1 aliphatic rings. The van der Waals surface area contributed by atoms with Crippen molar-refractivity contribution < 1.29 is 14.3 Å². The summed E-state index contributed by atoms with van der Waals surface area (Å²) in [5, 5.41) is 9.73. The minimum atomic E-state index is -0.227. The van der Waals surface area contributed by atoms with E-state index in [2.05, 4.69) is 25.5 Å². The van der Waals surface area contributed by atoms with Crippen LogP contribution in [0.2, 0.25) is 0 Å². The smallest absolute Gasteiger partial charge is 0.251 e. The van der Waals surface area contributed by atoms with Gasteiger partial charge in [-0.2, -0.15) is 5.10 Å². The lowest BCUT2D eigenvalue weighted by Gasteiger charge is -2.04. The van der Waals surface area contributed by atoms with Gasteiger partial charge >= 0.3 is 0 Å². The van der Waals surface area contributed by atoms with Gasteiger partial charge in [-0.15, -0.1) is 0 Å². The van der Waals surface area contributed by atoms with Gasteiger partial charge in [0.15, 0.2) is 17.3 Å². The van der Waals surface area contributed by atoms with Crippen LogP contribution in [0.3, 0.4) is 0 Å². The van der Waals surface area contributed by atoms with Crippen LogP contribution in [-0.2, 0) is 6.54 Å². The first-order valence-corrected chi connectivity index (χ1v) is 7.29. The van der Waals surface area contributed by atoms with Crippen LogP contribution >= 0.6 is 0 Å². The number of ether oxygens (including phenoxy) is 2. The molecule has 0 spiro atoms. The van der Waals surface area contributed by atoms with Crippen molar-refractivity contribution in [1.29, 1.82) is 0 Å². The number of hydrogen-bond acceptors (Lipinski definition) is 6. The molecule has 0 fully saturated rings. The van der Waals surface area contributed by atoms with Crippen molar-refractivity contribution in [2.45, 2.75) is 6.54 Å². The van der Waals surface area contributed by atoms with Gasteiger partial charge in [-0.3, -0.25) is 14.9 Å². The van der Waals surface area contributed by atoms with Gasteiger partial charge in [0.05, 0.1) is 6.54 Å². The first-order chi connectivity index (χ1) is 11.8. The highest BCUT2D eigenvalue weighted by molar-refractivity contribution is 5.94. The lowest BCUT2D eigenvalue weighted by molar-refractivity contribution is 0.0949. The minimum Gasteiger partial charge on any atom is -0.454 e.